The van der Waals surface area contributed by atoms with Crippen LogP contribution in [-0.2, 0) is 0 Å². The van der Waals surface area contributed by atoms with Crippen LogP contribution in [0.15, 0.2) is 91.0 Å². The van der Waals surface area contributed by atoms with Gasteiger partial charge in [-0.2, -0.15) is 0 Å². The molecule has 3 aromatic carbocycles. The highest BCUT2D eigenvalue weighted by molar-refractivity contribution is 5.42. The second-order valence-electron chi connectivity index (χ2n) is 6.06. The quantitative estimate of drug-likeness (QED) is 0.580. The van der Waals surface area contributed by atoms with Crippen molar-refractivity contribution in [1.29, 1.82) is 0 Å². The molecule has 1 nitrogen and oxygen atoms in total. The lowest BCUT2D eigenvalue weighted by molar-refractivity contribution is 0.434. The Morgan fingerprint density at radius 1 is 0.583 bits per heavy atom. The van der Waals surface area contributed by atoms with Gasteiger partial charge in [-0.3, -0.25) is 0 Å². The summed E-state index contributed by atoms with van der Waals surface area (Å²) >= 11 is 0. The molecule has 24 heavy (non-hydrogen) atoms. The molecule has 0 aromatic heterocycles. The number of hydrogen-bond donors (Lipinski definition) is 0. The van der Waals surface area contributed by atoms with E-state index < -0.39 is 0 Å². The summed E-state index contributed by atoms with van der Waals surface area (Å²) in [5.74, 6) is 0.309. The van der Waals surface area contributed by atoms with Gasteiger partial charge in [-0.1, -0.05) is 97.9 Å². The van der Waals surface area contributed by atoms with E-state index in [-0.39, 0.29) is 0 Å². The van der Waals surface area contributed by atoms with E-state index in [1.165, 1.54) is 16.7 Å². The Bertz CT molecular complexity index is 581. The molecule has 124 valence electrons. The molecule has 0 bridgehead atoms. The first kappa shape index (κ1) is 18.0. The van der Waals surface area contributed by atoms with E-state index in [1.807, 2.05) is 0 Å². The average Bonchev–Trinajstić information content (AvgIpc) is 2.65. The predicted octanol–water partition coefficient (Wildman–Crippen LogP) is 5.43. The van der Waals surface area contributed by atoms with Gasteiger partial charge in [-0.15, -0.1) is 0 Å². The van der Waals surface area contributed by atoms with Gasteiger partial charge in [-0.25, -0.2) is 0 Å². The van der Waals surface area contributed by atoms with Crippen molar-refractivity contribution < 1.29 is 0 Å². The zero-order valence-electron chi connectivity index (χ0n) is 14.9. The Labute approximate surface area is 146 Å². The molecule has 0 N–H and O–H groups in total. The van der Waals surface area contributed by atoms with Gasteiger partial charge in [0.1, 0.15) is 0 Å². The maximum absolute atomic E-state index is 2.20. The standard InChI is InChI=1S/C19H16.C4H11N/c1-4-10-16(11-5-1)19(17-12-6-2-7-13-17)18-14-8-3-9-15-18;1-4-5(2)3/h1-15,19H;4H2,1-3H3. The van der Waals surface area contributed by atoms with Crippen LogP contribution in [0.1, 0.15) is 29.5 Å². The Balaban J connectivity index is 0.000000368. The molecule has 0 fully saturated rings. The van der Waals surface area contributed by atoms with E-state index in [9.17, 15) is 0 Å². The summed E-state index contributed by atoms with van der Waals surface area (Å²) in [6, 6.07) is 32.0. The molecule has 0 heterocycles. The van der Waals surface area contributed by atoms with Crippen molar-refractivity contribution >= 4 is 0 Å². The molecular formula is C23H27N. The van der Waals surface area contributed by atoms with E-state index in [0.717, 1.165) is 6.54 Å². The number of rotatable bonds is 4. The number of benzene rings is 3. The van der Waals surface area contributed by atoms with Crippen molar-refractivity contribution in [2.45, 2.75) is 12.8 Å². The van der Waals surface area contributed by atoms with E-state index in [1.54, 1.807) is 0 Å². The normalized spacial score (nSPS) is 10.4. The van der Waals surface area contributed by atoms with Crippen LogP contribution in [0.4, 0.5) is 0 Å². The predicted molar refractivity (Wildman–Crippen MR) is 104 cm³/mol. The lowest BCUT2D eigenvalue weighted by Gasteiger charge is -2.18. The van der Waals surface area contributed by atoms with Crippen LogP contribution in [0.3, 0.4) is 0 Å². The summed E-state index contributed by atoms with van der Waals surface area (Å²) < 4.78 is 0. The van der Waals surface area contributed by atoms with Gasteiger partial charge >= 0.3 is 0 Å². The van der Waals surface area contributed by atoms with E-state index in [2.05, 4.69) is 117 Å². The summed E-state index contributed by atoms with van der Waals surface area (Å²) in [6.45, 7) is 3.26. The highest BCUT2D eigenvalue weighted by Crippen LogP contribution is 2.31. The van der Waals surface area contributed by atoms with Gasteiger partial charge in [-0.05, 0) is 37.3 Å². The van der Waals surface area contributed by atoms with E-state index >= 15 is 0 Å². The van der Waals surface area contributed by atoms with Crippen LogP contribution in [-0.4, -0.2) is 25.5 Å². The third-order valence-electron chi connectivity index (χ3n) is 4.03. The molecule has 0 atom stereocenters. The molecule has 0 aliphatic carbocycles. The Hall–Kier alpha value is -2.38. The van der Waals surface area contributed by atoms with Gasteiger partial charge in [0.15, 0.2) is 0 Å². The van der Waals surface area contributed by atoms with Gasteiger partial charge in [0.25, 0.3) is 0 Å². The zero-order valence-corrected chi connectivity index (χ0v) is 14.9. The summed E-state index contributed by atoms with van der Waals surface area (Å²) in [6.07, 6.45) is 0. The van der Waals surface area contributed by atoms with Crippen molar-refractivity contribution in [3.05, 3.63) is 108 Å². The molecule has 0 spiro atoms. The van der Waals surface area contributed by atoms with Gasteiger partial charge in [0.05, 0.1) is 0 Å². The smallest absolute Gasteiger partial charge is 0.0339 e. The minimum Gasteiger partial charge on any atom is -0.310 e. The molecule has 0 aliphatic heterocycles. The second-order valence-corrected chi connectivity index (χ2v) is 6.06. The highest BCUT2D eigenvalue weighted by Gasteiger charge is 2.15. The van der Waals surface area contributed by atoms with Gasteiger partial charge in [0, 0.05) is 5.92 Å². The molecule has 1 heteroatoms. The first-order chi connectivity index (χ1) is 11.7. The van der Waals surface area contributed by atoms with E-state index in [4.69, 9.17) is 0 Å². The lowest BCUT2D eigenvalue weighted by atomic mass is 9.85. The molecule has 3 aromatic rings. The minimum atomic E-state index is 0.309. The maximum atomic E-state index is 2.20. The van der Waals surface area contributed by atoms with Crippen LogP contribution in [0.2, 0.25) is 0 Å². The summed E-state index contributed by atoms with van der Waals surface area (Å²) in [4.78, 5) is 2.12. The molecule has 0 aliphatic rings. The van der Waals surface area contributed by atoms with Gasteiger partial charge in [0.2, 0.25) is 0 Å². The van der Waals surface area contributed by atoms with Crippen LogP contribution >= 0.6 is 0 Å². The molecule has 0 saturated carbocycles. The second kappa shape index (κ2) is 9.69. The summed E-state index contributed by atoms with van der Waals surface area (Å²) in [5.41, 5.74) is 4.00. The van der Waals surface area contributed by atoms with Gasteiger partial charge < -0.3 is 4.90 Å². The lowest BCUT2D eigenvalue weighted by Crippen LogP contribution is -2.08. The fraction of sp³-hybridized carbons (Fsp3) is 0.217. The molecule has 0 amide bonds. The molecular weight excluding hydrogens is 290 g/mol. The largest absolute Gasteiger partial charge is 0.310 e. The van der Waals surface area contributed by atoms with Crippen LogP contribution < -0.4 is 0 Å². The topological polar surface area (TPSA) is 3.24 Å². The fourth-order valence-corrected chi connectivity index (χ4v) is 2.51. The molecule has 0 unspecified atom stereocenters. The number of hydrogen-bond acceptors (Lipinski definition) is 1. The number of nitrogens with zero attached hydrogens (tertiary/aromatic N) is 1. The van der Waals surface area contributed by atoms with Crippen molar-refractivity contribution in [1.82, 2.24) is 4.90 Å². The maximum Gasteiger partial charge on any atom is 0.0339 e. The third-order valence-corrected chi connectivity index (χ3v) is 4.03. The minimum absolute atomic E-state index is 0.309. The fourth-order valence-electron chi connectivity index (χ4n) is 2.51. The van der Waals surface area contributed by atoms with Crippen LogP contribution in [0, 0.1) is 0 Å². The molecule has 0 radical (unpaired) electrons. The molecule has 0 saturated heterocycles. The zero-order chi connectivity index (χ0) is 17.2. The highest BCUT2D eigenvalue weighted by atomic mass is 15.0. The van der Waals surface area contributed by atoms with Crippen molar-refractivity contribution in [3.63, 3.8) is 0 Å². The first-order valence-corrected chi connectivity index (χ1v) is 8.52. The Morgan fingerprint density at radius 2 is 0.833 bits per heavy atom. The monoisotopic (exact) mass is 317 g/mol. The van der Waals surface area contributed by atoms with E-state index in [0.29, 0.717) is 5.92 Å². The average molecular weight is 317 g/mol. The first-order valence-electron chi connectivity index (χ1n) is 8.52. The Kier molecular flexibility index (Phi) is 7.25. The molecule has 3 rings (SSSR count). The third kappa shape index (κ3) is 5.36. The summed E-state index contributed by atoms with van der Waals surface area (Å²) in [7, 11) is 4.11. The van der Waals surface area contributed by atoms with Crippen molar-refractivity contribution in [3.8, 4) is 0 Å². The SMILES string of the molecule is CCN(C)C.c1ccc(C(c2ccccc2)c2ccccc2)cc1. The van der Waals surface area contributed by atoms with Crippen LogP contribution in [0.25, 0.3) is 0 Å². The van der Waals surface area contributed by atoms with Crippen molar-refractivity contribution in [2.24, 2.45) is 0 Å². The van der Waals surface area contributed by atoms with Crippen molar-refractivity contribution in [2.75, 3.05) is 20.6 Å². The Morgan fingerprint density at radius 3 is 1.04 bits per heavy atom. The van der Waals surface area contributed by atoms with Crippen LogP contribution in [0.5, 0.6) is 0 Å². The summed E-state index contributed by atoms with van der Waals surface area (Å²) in [5, 5.41) is 0.